The summed E-state index contributed by atoms with van der Waals surface area (Å²) in [6.07, 6.45) is 6.61. The van der Waals surface area contributed by atoms with Crippen LogP contribution in [0.3, 0.4) is 0 Å². The molecule has 0 N–H and O–H groups in total. The Bertz CT molecular complexity index is 544. The van der Waals surface area contributed by atoms with E-state index >= 15 is 0 Å². The summed E-state index contributed by atoms with van der Waals surface area (Å²) in [6.45, 7) is 0. The molecule has 0 radical (unpaired) electrons. The lowest BCUT2D eigenvalue weighted by Gasteiger charge is -1.96. The van der Waals surface area contributed by atoms with Gasteiger partial charge in [0.05, 0.1) is 17.2 Å². The van der Waals surface area contributed by atoms with Gasteiger partial charge in [-0.2, -0.15) is 0 Å². The first-order chi connectivity index (χ1) is 6.33. The van der Waals surface area contributed by atoms with Crippen LogP contribution in [0.4, 0.5) is 0 Å². The van der Waals surface area contributed by atoms with Crippen LogP contribution in [-0.4, -0.2) is 0 Å². The van der Waals surface area contributed by atoms with Gasteiger partial charge < -0.3 is 4.42 Å². The van der Waals surface area contributed by atoms with Crippen LogP contribution in [0.5, 0.6) is 0 Å². The summed E-state index contributed by atoms with van der Waals surface area (Å²) in [7, 11) is 0. The van der Waals surface area contributed by atoms with Crippen LogP contribution in [0.15, 0.2) is 39.7 Å². The normalized spacial score (nSPS) is 9.77. The summed E-state index contributed by atoms with van der Waals surface area (Å²) in [5.74, 6) is 2.46. The lowest BCUT2D eigenvalue weighted by molar-refractivity contribution is 0.601. The number of hydrogen-bond acceptors (Lipinski definition) is 2. The third kappa shape index (κ3) is 1.11. The molecule has 0 bridgehead atoms. The molecule has 0 unspecified atom stereocenters. The van der Waals surface area contributed by atoms with Gasteiger partial charge in [-0.05, 0) is 12.1 Å². The smallest absolute Gasteiger partial charge is 0.192 e. The van der Waals surface area contributed by atoms with Crippen LogP contribution in [0, 0.1) is 12.3 Å². The van der Waals surface area contributed by atoms with E-state index < -0.39 is 0 Å². The zero-order valence-corrected chi connectivity index (χ0v) is 6.78. The summed E-state index contributed by atoms with van der Waals surface area (Å²) in [4.78, 5) is 11.3. The molecule has 0 saturated heterocycles. The highest BCUT2D eigenvalue weighted by Crippen LogP contribution is 2.13. The molecule has 2 rings (SSSR count). The van der Waals surface area contributed by atoms with Crippen molar-refractivity contribution in [1.29, 1.82) is 0 Å². The van der Waals surface area contributed by atoms with Crippen LogP contribution in [-0.2, 0) is 0 Å². The highest BCUT2D eigenvalue weighted by atomic mass is 16.3. The van der Waals surface area contributed by atoms with Crippen molar-refractivity contribution in [3.63, 3.8) is 0 Å². The predicted octanol–water partition coefficient (Wildman–Crippen LogP) is 1.77. The van der Waals surface area contributed by atoms with E-state index in [1.165, 1.54) is 12.3 Å². The Morgan fingerprint density at radius 1 is 1.31 bits per heavy atom. The maximum atomic E-state index is 11.3. The Labute approximate surface area is 74.8 Å². The second-order valence-electron chi connectivity index (χ2n) is 2.61. The van der Waals surface area contributed by atoms with Gasteiger partial charge >= 0.3 is 0 Å². The molecule has 0 aliphatic heterocycles. The van der Waals surface area contributed by atoms with Gasteiger partial charge in [-0.1, -0.05) is 12.0 Å². The van der Waals surface area contributed by atoms with Crippen molar-refractivity contribution in [3.8, 4) is 12.3 Å². The van der Waals surface area contributed by atoms with Crippen molar-refractivity contribution in [3.05, 3.63) is 46.3 Å². The molecule has 1 aromatic carbocycles. The molecular formula is C11H6O2. The van der Waals surface area contributed by atoms with E-state index in [9.17, 15) is 4.79 Å². The molecule has 13 heavy (non-hydrogen) atoms. The highest BCUT2D eigenvalue weighted by molar-refractivity contribution is 5.81. The van der Waals surface area contributed by atoms with E-state index in [2.05, 4.69) is 5.92 Å². The van der Waals surface area contributed by atoms with Crippen LogP contribution in [0.25, 0.3) is 11.0 Å². The number of benzene rings is 1. The standard InChI is InChI=1S/C11H6O2/c1-2-8-4-3-5-9-10(12)6-7-13-11(8)9/h1,3-7H. The number of para-hydroxylation sites is 1. The van der Waals surface area contributed by atoms with Gasteiger partial charge in [-0.25, -0.2) is 0 Å². The number of fused-ring (bicyclic) bond motifs is 1. The second-order valence-corrected chi connectivity index (χ2v) is 2.61. The molecule has 2 nitrogen and oxygen atoms in total. The average molecular weight is 170 g/mol. The third-order valence-corrected chi connectivity index (χ3v) is 1.84. The van der Waals surface area contributed by atoms with E-state index in [0.717, 1.165) is 0 Å². The molecule has 0 saturated carbocycles. The SMILES string of the molecule is C#Cc1cccc2c(=O)ccoc12. The topological polar surface area (TPSA) is 30.2 Å². The molecule has 0 aliphatic carbocycles. The number of rotatable bonds is 0. The summed E-state index contributed by atoms with van der Waals surface area (Å²) in [5.41, 5.74) is 1.02. The molecule has 0 atom stereocenters. The minimum Gasteiger partial charge on any atom is -0.463 e. The minimum atomic E-state index is -0.0710. The quantitative estimate of drug-likeness (QED) is 0.564. The van der Waals surface area contributed by atoms with E-state index in [4.69, 9.17) is 10.8 Å². The van der Waals surface area contributed by atoms with Crippen molar-refractivity contribution >= 4 is 11.0 Å². The lowest BCUT2D eigenvalue weighted by Crippen LogP contribution is -1.98. The fourth-order valence-electron chi connectivity index (χ4n) is 1.23. The van der Waals surface area contributed by atoms with Gasteiger partial charge in [-0.3, -0.25) is 4.79 Å². The van der Waals surface area contributed by atoms with Crippen molar-refractivity contribution in [2.24, 2.45) is 0 Å². The van der Waals surface area contributed by atoms with Crippen molar-refractivity contribution in [2.75, 3.05) is 0 Å². The Morgan fingerprint density at radius 2 is 2.15 bits per heavy atom. The van der Waals surface area contributed by atoms with Crippen LogP contribution in [0.2, 0.25) is 0 Å². The van der Waals surface area contributed by atoms with Gasteiger partial charge in [0, 0.05) is 6.07 Å². The molecule has 1 aromatic heterocycles. The zero-order chi connectivity index (χ0) is 9.26. The second kappa shape index (κ2) is 2.80. The van der Waals surface area contributed by atoms with Crippen LogP contribution < -0.4 is 5.43 Å². The van der Waals surface area contributed by atoms with Gasteiger partial charge in [0.15, 0.2) is 11.0 Å². The maximum absolute atomic E-state index is 11.3. The van der Waals surface area contributed by atoms with Gasteiger partial charge in [-0.15, -0.1) is 6.42 Å². The van der Waals surface area contributed by atoms with Crippen molar-refractivity contribution in [2.45, 2.75) is 0 Å². The lowest BCUT2D eigenvalue weighted by atomic mass is 10.1. The Kier molecular flexibility index (Phi) is 1.64. The third-order valence-electron chi connectivity index (χ3n) is 1.84. The minimum absolute atomic E-state index is 0.0710. The van der Waals surface area contributed by atoms with Gasteiger partial charge in [0.2, 0.25) is 0 Å². The Balaban J connectivity index is 3.03. The highest BCUT2D eigenvalue weighted by Gasteiger charge is 2.02. The molecule has 62 valence electrons. The largest absolute Gasteiger partial charge is 0.463 e. The van der Waals surface area contributed by atoms with E-state index in [1.807, 2.05) is 0 Å². The molecule has 0 spiro atoms. The Hall–Kier alpha value is -2.01. The van der Waals surface area contributed by atoms with Crippen molar-refractivity contribution < 1.29 is 4.42 Å². The van der Waals surface area contributed by atoms with E-state index in [1.54, 1.807) is 18.2 Å². The first-order valence-electron chi connectivity index (χ1n) is 3.80. The van der Waals surface area contributed by atoms with Crippen LogP contribution in [0.1, 0.15) is 5.56 Å². The summed E-state index contributed by atoms with van der Waals surface area (Å²) in [6, 6.07) is 6.56. The predicted molar refractivity (Wildman–Crippen MR) is 50.4 cm³/mol. The molecule has 0 fully saturated rings. The van der Waals surface area contributed by atoms with E-state index in [0.29, 0.717) is 16.5 Å². The number of hydrogen-bond donors (Lipinski definition) is 0. The molecule has 0 amide bonds. The first kappa shape index (κ1) is 7.63. The first-order valence-corrected chi connectivity index (χ1v) is 3.80. The summed E-state index contributed by atoms with van der Waals surface area (Å²) >= 11 is 0. The molecule has 0 aliphatic rings. The van der Waals surface area contributed by atoms with Crippen LogP contribution >= 0.6 is 0 Å². The average Bonchev–Trinajstić information content (AvgIpc) is 2.18. The molecule has 1 heterocycles. The summed E-state index contributed by atoms with van der Waals surface area (Å²) in [5, 5.41) is 0.526. The zero-order valence-electron chi connectivity index (χ0n) is 6.78. The number of terminal acetylenes is 1. The fourth-order valence-corrected chi connectivity index (χ4v) is 1.23. The molecule has 2 aromatic rings. The Morgan fingerprint density at radius 3 is 2.92 bits per heavy atom. The van der Waals surface area contributed by atoms with E-state index in [-0.39, 0.29) is 5.43 Å². The molecule has 2 heteroatoms. The summed E-state index contributed by atoms with van der Waals surface area (Å²) < 4.78 is 5.17. The molecular weight excluding hydrogens is 164 g/mol. The van der Waals surface area contributed by atoms with Crippen molar-refractivity contribution in [1.82, 2.24) is 0 Å². The van der Waals surface area contributed by atoms with Gasteiger partial charge in [0.25, 0.3) is 0 Å². The monoisotopic (exact) mass is 170 g/mol. The fraction of sp³-hybridized carbons (Fsp3) is 0. The van der Waals surface area contributed by atoms with Gasteiger partial charge in [0.1, 0.15) is 0 Å². The maximum Gasteiger partial charge on any atom is 0.192 e.